The minimum atomic E-state index is -0.197. The monoisotopic (exact) mass is 461 g/mol. The third kappa shape index (κ3) is 3.96. The zero-order valence-electron chi connectivity index (χ0n) is 17.8. The zero-order valence-corrected chi connectivity index (χ0v) is 18.6. The Morgan fingerprint density at radius 3 is 2.70 bits per heavy atom. The number of amides is 1. The molecule has 0 unspecified atom stereocenters. The first-order valence-electron chi connectivity index (χ1n) is 10.0. The van der Waals surface area contributed by atoms with E-state index < -0.39 is 0 Å². The summed E-state index contributed by atoms with van der Waals surface area (Å²) in [6.45, 7) is 0. The fraction of sp³-hybridized carbons (Fsp3) is 0.130. The Bertz CT molecular complexity index is 1450. The second-order valence-corrected chi connectivity index (χ2v) is 7.92. The standard InChI is InChI=1S/C23H19N5O4S/c1-30-17-10-9-14(12-19(17)31-2)24-20(29)13-33-23-27-26-21-15-6-3-4-7-16(15)25-22(28(21)23)18-8-5-11-32-18/h3-12H,13H2,1-2H3,(H,24,29). The molecule has 0 bridgehead atoms. The summed E-state index contributed by atoms with van der Waals surface area (Å²) in [4.78, 5) is 17.4. The second kappa shape index (κ2) is 8.83. The van der Waals surface area contributed by atoms with Crippen molar-refractivity contribution in [3.05, 3.63) is 60.9 Å². The number of para-hydroxylation sites is 1. The van der Waals surface area contributed by atoms with E-state index in [2.05, 4.69) is 15.5 Å². The molecule has 1 N–H and O–H groups in total. The SMILES string of the molecule is COc1ccc(NC(=O)CSc2nnc3c4ccccc4nc(-c4ccco4)n23)cc1OC. The maximum Gasteiger partial charge on any atom is 0.234 e. The molecule has 0 saturated carbocycles. The van der Waals surface area contributed by atoms with E-state index in [1.807, 2.05) is 34.7 Å². The fourth-order valence-electron chi connectivity index (χ4n) is 3.47. The van der Waals surface area contributed by atoms with Gasteiger partial charge in [-0.2, -0.15) is 0 Å². The van der Waals surface area contributed by atoms with Gasteiger partial charge in [0, 0.05) is 17.1 Å². The van der Waals surface area contributed by atoms with E-state index in [9.17, 15) is 4.79 Å². The van der Waals surface area contributed by atoms with Gasteiger partial charge in [-0.3, -0.25) is 9.20 Å². The summed E-state index contributed by atoms with van der Waals surface area (Å²) >= 11 is 1.26. The minimum Gasteiger partial charge on any atom is -0.493 e. The number of hydrogen-bond acceptors (Lipinski definition) is 8. The number of hydrogen-bond donors (Lipinski definition) is 1. The van der Waals surface area contributed by atoms with Crippen molar-refractivity contribution in [2.75, 3.05) is 25.3 Å². The number of thioether (sulfide) groups is 1. The van der Waals surface area contributed by atoms with Crippen molar-refractivity contribution in [1.82, 2.24) is 19.6 Å². The Hall–Kier alpha value is -4.05. The average Bonchev–Trinajstić information content (AvgIpc) is 3.53. The fourth-order valence-corrected chi connectivity index (χ4v) is 4.20. The van der Waals surface area contributed by atoms with Crippen LogP contribution in [-0.4, -0.2) is 45.5 Å². The minimum absolute atomic E-state index is 0.125. The van der Waals surface area contributed by atoms with Gasteiger partial charge in [0.1, 0.15) is 0 Å². The Labute approximate surface area is 192 Å². The van der Waals surface area contributed by atoms with Crippen LogP contribution < -0.4 is 14.8 Å². The maximum absolute atomic E-state index is 12.6. The molecule has 33 heavy (non-hydrogen) atoms. The van der Waals surface area contributed by atoms with Crippen molar-refractivity contribution in [2.45, 2.75) is 5.16 Å². The third-order valence-electron chi connectivity index (χ3n) is 4.96. The van der Waals surface area contributed by atoms with Crippen LogP contribution in [0.4, 0.5) is 5.69 Å². The van der Waals surface area contributed by atoms with Gasteiger partial charge in [0.15, 0.2) is 33.9 Å². The molecule has 0 aliphatic heterocycles. The Morgan fingerprint density at radius 2 is 1.91 bits per heavy atom. The number of fused-ring (bicyclic) bond motifs is 3. The zero-order chi connectivity index (χ0) is 22.8. The smallest absolute Gasteiger partial charge is 0.234 e. The Balaban J connectivity index is 1.43. The van der Waals surface area contributed by atoms with Crippen molar-refractivity contribution >= 4 is 39.9 Å². The topological polar surface area (TPSA) is 104 Å². The van der Waals surface area contributed by atoms with Crippen molar-refractivity contribution < 1.29 is 18.7 Å². The lowest BCUT2D eigenvalue weighted by molar-refractivity contribution is -0.113. The number of nitrogens with zero attached hydrogens (tertiary/aromatic N) is 4. The number of carbonyl (C=O) groups is 1. The number of anilines is 1. The first-order valence-corrected chi connectivity index (χ1v) is 11.0. The number of benzene rings is 2. The Kier molecular flexibility index (Phi) is 5.57. The Morgan fingerprint density at radius 1 is 1.06 bits per heavy atom. The van der Waals surface area contributed by atoms with Gasteiger partial charge in [0.05, 0.1) is 31.8 Å². The van der Waals surface area contributed by atoms with Crippen LogP contribution >= 0.6 is 11.8 Å². The van der Waals surface area contributed by atoms with Crippen LogP contribution in [0, 0.1) is 0 Å². The highest BCUT2D eigenvalue weighted by atomic mass is 32.2. The molecule has 2 aromatic carbocycles. The summed E-state index contributed by atoms with van der Waals surface area (Å²) in [6.07, 6.45) is 1.59. The van der Waals surface area contributed by atoms with E-state index in [0.717, 1.165) is 10.9 Å². The summed E-state index contributed by atoms with van der Waals surface area (Å²) in [5.74, 6) is 2.21. The highest BCUT2D eigenvalue weighted by Gasteiger charge is 2.19. The third-order valence-corrected chi connectivity index (χ3v) is 5.89. The average molecular weight is 462 g/mol. The van der Waals surface area contributed by atoms with Gasteiger partial charge >= 0.3 is 0 Å². The number of furan rings is 1. The van der Waals surface area contributed by atoms with E-state index in [1.165, 1.54) is 11.8 Å². The maximum atomic E-state index is 12.6. The molecule has 0 radical (unpaired) electrons. The highest BCUT2D eigenvalue weighted by molar-refractivity contribution is 7.99. The van der Waals surface area contributed by atoms with E-state index in [0.29, 0.717) is 39.6 Å². The molecule has 166 valence electrons. The van der Waals surface area contributed by atoms with Crippen LogP contribution in [-0.2, 0) is 4.79 Å². The van der Waals surface area contributed by atoms with Gasteiger partial charge < -0.3 is 19.2 Å². The lowest BCUT2D eigenvalue weighted by atomic mass is 10.2. The van der Waals surface area contributed by atoms with E-state index >= 15 is 0 Å². The number of nitrogens with one attached hydrogen (secondary N) is 1. The highest BCUT2D eigenvalue weighted by Crippen LogP contribution is 2.31. The molecule has 3 heterocycles. The van der Waals surface area contributed by atoms with Crippen LogP contribution in [0.3, 0.4) is 0 Å². The van der Waals surface area contributed by atoms with E-state index in [-0.39, 0.29) is 11.7 Å². The number of ether oxygens (including phenoxy) is 2. The summed E-state index contributed by atoms with van der Waals surface area (Å²) in [7, 11) is 3.11. The van der Waals surface area contributed by atoms with Gasteiger partial charge in [-0.05, 0) is 36.4 Å². The molecule has 5 aromatic rings. The van der Waals surface area contributed by atoms with Crippen molar-refractivity contribution in [2.24, 2.45) is 0 Å². The van der Waals surface area contributed by atoms with Gasteiger partial charge in [0.25, 0.3) is 0 Å². The van der Waals surface area contributed by atoms with Crippen LogP contribution in [0.15, 0.2) is 70.4 Å². The molecule has 3 aromatic heterocycles. The largest absolute Gasteiger partial charge is 0.493 e. The summed E-state index contributed by atoms with van der Waals surface area (Å²) in [6, 6.07) is 16.5. The van der Waals surface area contributed by atoms with Gasteiger partial charge in [0.2, 0.25) is 5.91 Å². The lowest BCUT2D eigenvalue weighted by Gasteiger charge is -2.10. The molecule has 10 heteroatoms. The second-order valence-electron chi connectivity index (χ2n) is 6.98. The number of rotatable bonds is 7. The summed E-state index contributed by atoms with van der Waals surface area (Å²) in [5.41, 5.74) is 2.04. The number of methoxy groups -OCH3 is 2. The van der Waals surface area contributed by atoms with Gasteiger partial charge in [-0.25, -0.2) is 4.98 Å². The molecule has 1 amide bonds. The van der Waals surface area contributed by atoms with Gasteiger partial charge in [-0.15, -0.1) is 10.2 Å². The van der Waals surface area contributed by atoms with Crippen LogP contribution in [0.5, 0.6) is 11.5 Å². The predicted octanol–water partition coefficient (Wildman–Crippen LogP) is 4.29. The molecule has 0 saturated heterocycles. The number of aromatic nitrogens is 4. The molecular formula is C23H19N5O4S. The summed E-state index contributed by atoms with van der Waals surface area (Å²) in [5, 5.41) is 13.0. The van der Waals surface area contributed by atoms with Crippen molar-refractivity contribution in [3.8, 4) is 23.1 Å². The van der Waals surface area contributed by atoms with Crippen LogP contribution in [0.1, 0.15) is 0 Å². The number of carbonyl (C=O) groups excluding carboxylic acids is 1. The molecule has 0 aliphatic rings. The molecule has 0 atom stereocenters. The van der Waals surface area contributed by atoms with E-state index in [4.69, 9.17) is 18.9 Å². The molecule has 0 aliphatic carbocycles. The molecular weight excluding hydrogens is 442 g/mol. The van der Waals surface area contributed by atoms with Gasteiger partial charge in [-0.1, -0.05) is 23.9 Å². The molecule has 0 spiro atoms. The summed E-state index contributed by atoms with van der Waals surface area (Å²) < 4.78 is 17.9. The quantitative estimate of drug-likeness (QED) is 0.358. The van der Waals surface area contributed by atoms with E-state index in [1.54, 1.807) is 44.7 Å². The molecule has 9 nitrogen and oxygen atoms in total. The van der Waals surface area contributed by atoms with Crippen molar-refractivity contribution in [1.29, 1.82) is 0 Å². The first-order chi connectivity index (χ1) is 16.2. The lowest BCUT2D eigenvalue weighted by Crippen LogP contribution is -2.14. The predicted molar refractivity (Wildman–Crippen MR) is 125 cm³/mol. The first kappa shape index (κ1) is 20.8. The normalized spacial score (nSPS) is 11.1. The van der Waals surface area contributed by atoms with Crippen LogP contribution in [0.2, 0.25) is 0 Å². The van der Waals surface area contributed by atoms with Crippen LogP contribution in [0.25, 0.3) is 28.1 Å². The molecule has 5 rings (SSSR count). The van der Waals surface area contributed by atoms with Crippen molar-refractivity contribution in [3.63, 3.8) is 0 Å². The molecule has 0 fully saturated rings.